The highest BCUT2D eigenvalue weighted by Gasteiger charge is 2.25. The Morgan fingerprint density at radius 3 is 3.04 bits per heavy atom. The van der Waals surface area contributed by atoms with E-state index < -0.39 is 0 Å². The molecule has 1 aromatic carbocycles. The van der Waals surface area contributed by atoms with Gasteiger partial charge < -0.3 is 10.2 Å². The van der Waals surface area contributed by atoms with Gasteiger partial charge in [0.05, 0.1) is 11.4 Å². The molecule has 1 N–H and O–H groups in total. The third kappa shape index (κ3) is 4.33. The Bertz CT molecular complexity index is 986. The molecule has 1 unspecified atom stereocenters. The third-order valence-corrected chi connectivity index (χ3v) is 6.22. The lowest BCUT2D eigenvalue weighted by Crippen LogP contribution is -2.32. The van der Waals surface area contributed by atoms with Gasteiger partial charge in [-0.25, -0.2) is 4.98 Å². The normalized spacial score (nSPS) is 16.7. The summed E-state index contributed by atoms with van der Waals surface area (Å²) in [7, 11) is 0. The van der Waals surface area contributed by atoms with Crippen molar-refractivity contribution in [1.82, 2.24) is 14.3 Å². The maximum Gasteiger partial charge on any atom is 0.258 e. The first-order valence-electron chi connectivity index (χ1n) is 8.82. The van der Waals surface area contributed by atoms with E-state index in [1.165, 1.54) is 27.5 Å². The molecule has 0 aliphatic carbocycles. The van der Waals surface area contributed by atoms with Crippen molar-refractivity contribution >= 4 is 39.7 Å². The van der Waals surface area contributed by atoms with E-state index in [0.717, 1.165) is 30.9 Å². The van der Waals surface area contributed by atoms with Crippen LogP contribution < -0.4 is 10.9 Å². The lowest BCUT2D eigenvalue weighted by Gasteiger charge is -2.17. The standard InChI is InChI=1S/C19H20N4O2S2/c24-17-10-16(21-19-23(17)8-9-27-19)12-26-13-18(25)22-7-6-15(11-22)20-14-4-2-1-3-5-14/h1-5,8-10,15,20H,6-7,11-13H2. The van der Waals surface area contributed by atoms with Gasteiger partial charge in [0.15, 0.2) is 4.96 Å². The zero-order chi connectivity index (χ0) is 18.6. The number of hydrogen-bond donors (Lipinski definition) is 1. The Labute approximate surface area is 165 Å². The lowest BCUT2D eigenvalue weighted by molar-refractivity contribution is -0.127. The number of carbonyl (C=O) groups excluding carboxylic acids is 1. The first-order chi connectivity index (χ1) is 13.2. The number of aromatic nitrogens is 2. The molecule has 0 radical (unpaired) electrons. The zero-order valence-corrected chi connectivity index (χ0v) is 16.3. The molecule has 1 aliphatic rings. The van der Waals surface area contributed by atoms with E-state index in [1.807, 2.05) is 40.6 Å². The van der Waals surface area contributed by atoms with E-state index in [-0.39, 0.29) is 11.5 Å². The minimum atomic E-state index is -0.0717. The highest BCUT2D eigenvalue weighted by atomic mass is 32.2. The van der Waals surface area contributed by atoms with E-state index in [9.17, 15) is 9.59 Å². The van der Waals surface area contributed by atoms with Gasteiger partial charge in [-0.2, -0.15) is 0 Å². The number of carbonyl (C=O) groups is 1. The number of thiazole rings is 1. The van der Waals surface area contributed by atoms with Crippen molar-refractivity contribution in [1.29, 1.82) is 0 Å². The van der Waals surface area contributed by atoms with Crippen LogP contribution in [0.1, 0.15) is 12.1 Å². The summed E-state index contributed by atoms with van der Waals surface area (Å²) < 4.78 is 1.54. The summed E-state index contributed by atoms with van der Waals surface area (Å²) in [6, 6.07) is 11.9. The zero-order valence-electron chi connectivity index (χ0n) is 14.7. The van der Waals surface area contributed by atoms with Crippen molar-refractivity contribution in [2.75, 3.05) is 24.2 Å². The second kappa shape index (κ2) is 8.14. The highest BCUT2D eigenvalue weighted by molar-refractivity contribution is 7.99. The second-order valence-corrected chi connectivity index (χ2v) is 8.33. The molecule has 1 saturated heterocycles. The molecular formula is C19H20N4O2S2. The van der Waals surface area contributed by atoms with Crippen LogP contribution in [0.5, 0.6) is 0 Å². The molecule has 3 heterocycles. The van der Waals surface area contributed by atoms with Crippen LogP contribution in [0, 0.1) is 0 Å². The van der Waals surface area contributed by atoms with Crippen LogP contribution >= 0.6 is 23.1 Å². The van der Waals surface area contributed by atoms with Crippen molar-refractivity contribution in [2.24, 2.45) is 0 Å². The number of nitrogens with zero attached hydrogens (tertiary/aromatic N) is 3. The van der Waals surface area contributed by atoms with Crippen LogP contribution in [0.4, 0.5) is 5.69 Å². The molecule has 0 saturated carbocycles. The number of likely N-dealkylation sites (tertiary alicyclic amines) is 1. The van der Waals surface area contributed by atoms with Crippen molar-refractivity contribution in [3.63, 3.8) is 0 Å². The first-order valence-corrected chi connectivity index (χ1v) is 10.9. The minimum Gasteiger partial charge on any atom is -0.380 e. The van der Waals surface area contributed by atoms with Crippen LogP contribution in [0.2, 0.25) is 0 Å². The quantitative estimate of drug-likeness (QED) is 0.689. The summed E-state index contributed by atoms with van der Waals surface area (Å²) in [5.74, 6) is 1.12. The van der Waals surface area contributed by atoms with Crippen molar-refractivity contribution in [3.8, 4) is 0 Å². The van der Waals surface area contributed by atoms with Crippen LogP contribution in [-0.2, 0) is 10.5 Å². The molecule has 1 fully saturated rings. The molecule has 0 bridgehead atoms. The molecule has 3 aromatic rings. The number of nitrogens with one attached hydrogen (secondary N) is 1. The smallest absolute Gasteiger partial charge is 0.258 e. The number of benzene rings is 1. The fraction of sp³-hybridized carbons (Fsp3) is 0.316. The predicted octanol–water partition coefficient (Wildman–Crippen LogP) is 2.70. The van der Waals surface area contributed by atoms with Gasteiger partial charge in [-0.05, 0) is 18.6 Å². The highest BCUT2D eigenvalue weighted by Crippen LogP contribution is 2.18. The largest absolute Gasteiger partial charge is 0.380 e. The summed E-state index contributed by atoms with van der Waals surface area (Å²) >= 11 is 2.95. The maximum absolute atomic E-state index is 12.5. The van der Waals surface area contributed by atoms with E-state index in [4.69, 9.17) is 0 Å². The van der Waals surface area contributed by atoms with E-state index in [2.05, 4.69) is 10.3 Å². The average Bonchev–Trinajstić information content (AvgIpc) is 3.32. The van der Waals surface area contributed by atoms with E-state index in [0.29, 0.717) is 22.5 Å². The summed E-state index contributed by atoms with van der Waals surface area (Å²) in [5.41, 5.74) is 1.75. The van der Waals surface area contributed by atoms with E-state index in [1.54, 1.807) is 12.3 Å². The molecule has 4 rings (SSSR count). The topological polar surface area (TPSA) is 66.7 Å². The number of amides is 1. The molecule has 8 heteroatoms. The second-order valence-electron chi connectivity index (χ2n) is 6.47. The van der Waals surface area contributed by atoms with Gasteiger partial charge in [0, 0.05) is 48.2 Å². The summed E-state index contributed by atoms with van der Waals surface area (Å²) in [4.78, 5) is 31.5. The average molecular weight is 401 g/mol. The first kappa shape index (κ1) is 18.1. The van der Waals surface area contributed by atoms with Crippen molar-refractivity contribution in [2.45, 2.75) is 18.2 Å². The van der Waals surface area contributed by atoms with Gasteiger partial charge in [0.2, 0.25) is 5.91 Å². The fourth-order valence-electron chi connectivity index (χ4n) is 3.17. The summed E-state index contributed by atoms with van der Waals surface area (Å²) in [6.07, 6.45) is 2.68. The molecular weight excluding hydrogens is 380 g/mol. The molecule has 1 atom stereocenters. The molecule has 27 heavy (non-hydrogen) atoms. The SMILES string of the molecule is O=C(CSCc1cc(=O)n2ccsc2n1)N1CCC(Nc2ccccc2)C1. The minimum absolute atomic E-state index is 0.0717. The molecule has 140 valence electrons. The van der Waals surface area contributed by atoms with Crippen molar-refractivity contribution < 1.29 is 4.79 Å². The van der Waals surface area contributed by atoms with Crippen LogP contribution in [0.15, 0.2) is 52.8 Å². The number of hydrogen-bond acceptors (Lipinski definition) is 6. The molecule has 6 nitrogen and oxygen atoms in total. The van der Waals surface area contributed by atoms with Crippen molar-refractivity contribution in [3.05, 3.63) is 64.0 Å². The molecule has 1 aliphatic heterocycles. The third-order valence-electron chi connectivity index (χ3n) is 4.52. The monoisotopic (exact) mass is 400 g/mol. The number of rotatable bonds is 6. The number of anilines is 1. The molecule has 1 amide bonds. The van der Waals surface area contributed by atoms with Gasteiger partial charge in [0.25, 0.3) is 5.56 Å². The maximum atomic E-state index is 12.5. The Balaban J connectivity index is 1.26. The van der Waals surface area contributed by atoms with Gasteiger partial charge in [-0.15, -0.1) is 23.1 Å². The number of fused-ring (bicyclic) bond motifs is 1. The van der Waals surface area contributed by atoms with Crippen LogP contribution in [-0.4, -0.2) is 45.1 Å². The summed E-state index contributed by atoms with van der Waals surface area (Å²) in [5, 5.41) is 5.33. The lowest BCUT2D eigenvalue weighted by atomic mass is 10.2. The molecule has 0 spiro atoms. The number of thioether (sulfide) groups is 1. The van der Waals surface area contributed by atoms with Gasteiger partial charge in [-0.1, -0.05) is 18.2 Å². The Morgan fingerprint density at radius 2 is 2.19 bits per heavy atom. The van der Waals surface area contributed by atoms with Crippen LogP contribution in [0.3, 0.4) is 0 Å². The fourth-order valence-corrected chi connectivity index (χ4v) is 4.73. The van der Waals surface area contributed by atoms with E-state index >= 15 is 0 Å². The predicted molar refractivity (Wildman–Crippen MR) is 111 cm³/mol. The Kier molecular flexibility index (Phi) is 5.45. The number of para-hydroxylation sites is 1. The Hall–Kier alpha value is -2.32. The molecule has 2 aromatic heterocycles. The Morgan fingerprint density at radius 1 is 1.33 bits per heavy atom. The van der Waals surface area contributed by atoms with Gasteiger partial charge in [-0.3, -0.25) is 14.0 Å². The van der Waals surface area contributed by atoms with Gasteiger partial charge in [0.1, 0.15) is 0 Å². The van der Waals surface area contributed by atoms with Gasteiger partial charge >= 0.3 is 0 Å². The van der Waals surface area contributed by atoms with Crippen LogP contribution in [0.25, 0.3) is 4.96 Å². The summed E-state index contributed by atoms with van der Waals surface area (Å²) in [6.45, 7) is 1.51.